The van der Waals surface area contributed by atoms with Gasteiger partial charge in [-0.1, -0.05) is 0 Å². The van der Waals surface area contributed by atoms with E-state index >= 15 is 0 Å². The third-order valence-electron chi connectivity index (χ3n) is 0. The average Bonchev–Trinajstić information content (AvgIpc) is 1.25. The molecule has 12 heteroatoms. The Bertz CT molecular complexity index is 36.3. The fraction of sp³-hybridized carbons (Fsp3) is 0. The molecule has 0 unspecified atom stereocenters. The summed E-state index contributed by atoms with van der Waals surface area (Å²) >= 11 is 0. The van der Waals surface area contributed by atoms with E-state index in [0.717, 1.165) is 0 Å². The summed E-state index contributed by atoms with van der Waals surface area (Å²) in [5, 5.41) is 50.5. The van der Waals surface area contributed by atoms with E-state index in [-0.39, 0.29) is 96.5 Å². The third-order valence-corrected chi connectivity index (χ3v) is 0. The molecule has 6 nitrogen and oxygen atoms in total. The fourth-order valence-corrected chi connectivity index (χ4v) is 0. The van der Waals surface area contributed by atoms with E-state index in [2.05, 4.69) is 0 Å². The summed E-state index contributed by atoms with van der Waals surface area (Å²) in [6.07, 6.45) is 0. The van der Waals surface area contributed by atoms with Crippen LogP contribution in [0.2, 0.25) is 0 Å². The largest absolute Gasteiger partial charge is 3.00 e. The van der Waals surface area contributed by atoms with Crippen molar-refractivity contribution in [3.05, 3.63) is 0 Å². The van der Waals surface area contributed by atoms with Crippen LogP contribution in [0.5, 0.6) is 0 Å². The molecule has 0 aliphatic heterocycles. The molecule has 0 atom stereocenters. The van der Waals surface area contributed by atoms with Crippen LogP contribution in [0.15, 0.2) is 0 Å². The SMILES string of the molecule is [Gd+3].[Li+].[Li+].[Li+].[O-]B([O-])[O-].[O-]B([O-])[O-]. The van der Waals surface area contributed by atoms with E-state index in [4.69, 9.17) is 30.1 Å². The van der Waals surface area contributed by atoms with Crippen molar-refractivity contribution in [3.8, 4) is 0 Å². The molecule has 53 valence electrons. The predicted octanol–water partition coefficient (Wildman–Crippen LogP) is -16.9. The Morgan fingerprint density at radius 3 is 0.500 bits per heavy atom. The Morgan fingerprint density at radius 2 is 0.500 bits per heavy atom. The van der Waals surface area contributed by atoms with Crippen molar-refractivity contribution >= 4 is 14.6 Å². The van der Waals surface area contributed by atoms with Gasteiger partial charge < -0.3 is 30.1 Å². The molecule has 1 radical (unpaired) electrons. The van der Waals surface area contributed by atoms with Gasteiger partial charge in [0.05, 0.1) is 0 Å². The molecular formula is B2GdLi3O6. The van der Waals surface area contributed by atoms with Crippen molar-refractivity contribution < 1.29 is 127 Å². The van der Waals surface area contributed by atoms with Crippen molar-refractivity contribution in [1.82, 2.24) is 0 Å². The van der Waals surface area contributed by atoms with Gasteiger partial charge in [-0.25, -0.2) is 0 Å². The summed E-state index contributed by atoms with van der Waals surface area (Å²) in [7, 11) is -5.83. The van der Waals surface area contributed by atoms with E-state index in [1.54, 1.807) is 0 Å². The van der Waals surface area contributed by atoms with Crippen LogP contribution in [-0.4, -0.2) is 14.6 Å². The van der Waals surface area contributed by atoms with E-state index in [9.17, 15) is 0 Å². The molecule has 0 heterocycles. The van der Waals surface area contributed by atoms with Gasteiger partial charge in [0.15, 0.2) is 0 Å². The molecule has 0 N–H and O–H groups in total. The van der Waals surface area contributed by atoms with Crippen molar-refractivity contribution in [2.45, 2.75) is 0 Å². The van der Waals surface area contributed by atoms with E-state index in [1.807, 2.05) is 0 Å². The maximum Gasteiger partial charge on any atom is 3.00 e. The van der Waals surface area contributed by atoms with E-state index in [1.165, 1.54) is 0 Å². The fourth-order valence-electron chi connectivity index (χ4n) is 0. The predicted molar refractivity (Wildman–Crippen MR) is 11.5 cm³/mol. The first-order valence-corrected chi connectivity index (χ1v) is 1.41. The first kappa shape index (κ1) is 36.3. The Kier molecular flexibility index (Phi) is 88.3. The number of hydrogen-bond donors (Lipinski definition) is 0. The minimum atomic E-state index is -2.92. The molecule has 0 spiro atoms. The Balaban J connectivity index is -0.0000000112. The van der Waals surface area contributed by atoms with Gasteiger partial charge >= 0.3 is 96.5 Å². The van der Waals surface area contributed by atoms with Crippen LogP contribution in [0, 0.1) is 39.9 Å². The van der Waals surface area contributed by atoms with Crippen LogP contribution in [0.3, 0.4) is 0 Å². The first-order valence-electron chi connectivity index (χ1n) is 1.41. The molecule has 0 amide bonds. The Labute approximate surface area is 139 Å². The average molecular weight is 296 g/mol. The molecule has 0 fully saturated rings. The molecule has 12 heavy (non-hydrogen) atoms. The van der Waals surface area contributed by atoms with Crippen LogP contribution in [0.25, 0.3) is 0 Å². The zero-order valence-electron chi connectivity index (χ0n) is 6.96. The molecule has 0 aromatic rings. The zero-order valence-corrected chi connectivity index (χ0v) is 9.23. The van der Waals surface area contributed by atoms with Gasteiger partial charge in [-0.15, -0.1) is 0 Å². The van der Waals surface area contributed by atoms with Crippen LogP contribution in [0.1, 0.15) is 0 Å². The summed E-state index contributed by atoms with van der Waals surface area (Å²) in [4.78, 5) is 0. The molecule has 0 aromatic carbocycles. The van der Waals surface area contributed by atoms with Gasteiger partial charge in [-0.05, 0) is 0 Å². The molecule has 0 aromatic heterocycles. The molecule has 0 saturated heterocycles. The number of rotatable bonds is 0. The maximum atomic E-state index is 8.42. The monoisotopic (exact) mass is 297 g/mol. The van der Waals surface area contributed by atoms with Crippen molar-refractivity contribution in [3.63, 3.8) is 0 Å². The van der Waals surface area contributed by atoms with E-state index < -0.39 is 14.6 Å². The summed E-state index contributed by atoms with van der Waals surface area (Å²) in [5.74, 6) is 0. The normalized spacial score (nSPS) is 4.50. The second-order valence-electron chi connectivity index (χ2n) is 0.577. The van der Waals surface area contributed by atoms with Gasteiger partial charge in [0, 0.05) is 0 Å². The van der Waals surface area contributed by atoms with Crippen LogP contribution >= 0.6 is 0 Å². The van der Waals surface area contributed by atoms with Gasteiger partial charge in [-0.3, -0.25) is 14.6 Å². The smallest absolute Gasteiger partial charge is 0.907 e. The second-order valence-corrected chi connectivity index (χ2v) is 0.577. The van der Waals surface area contributed by atoms with Crippen LogP contribution in [-0.2, 0) is 0 Å². The van der Waals surface area contributed by atoms with Gasteiger partial charge in [0.1, 0.15) is 0 Å². The van der Waals surface area contributed by atoms with Crippen molar-refractivity contribution in [1.29, 1.82) is 0 Å². The molecule has 0 aliphatic carbocycles. The standard InChI is InChI=1S/2BO3.Gd.3Li/c2*2-1(3)4;;;;/q2*-3;+3;3*+1. The Hall–Kier alpha value is 3.01. The minimum Gasteiger partial charge on any atom is -0.907 e. The zero-order chi connectivity index (χ0) is 7.15. The summed E-state index contributed by atoms with van der Waals surface area (Å²) in [6, 6.07) is 0. The molecule has 0 rings (SSSR count). The van der Waals surface area contributed by atoms with Crippen molar-refractivity contribution in [2.75, 3.05) is 0 Å². The van der Waals surface area contributed by atoms with Crippen LogP contribution in [0.4, 0.5) is 0 Å². The molecule has 0 bridgehead atoms. The van der Waals surface area contributed by atoms with E-state index in [0.29, 0.717) is 0 Å². The number of hydrogen-bond acceptors (Lipinski definition) is 6. The molecular weight excluding hydrogens is 296 g/mol. The van der Waals surface area contributed by atoms with Crippen molar-refractivity contribution in [2.24, 2.45) is 0 Å². The summed E-state index contributed by atoms with van der Waals surface area (Å²) in [5.41, 5.74) is 0. The molecule has 0 aliphatic rings. The second kappa shape index (κ2) is 29.2. The topological polar surface area (TPSA) is 138 Å². The quantitative estimate of drug-likeness (QED) is 0.407. The first-order chi connectivity index (χ1) is 3.46. The minimum absolute atomic E-state index is 0. The van der Waals surface area contributed by atoms with Crippen LogP contribution < -0.4 is 86.7 Å². The molecule has 0 saturated carbocycles. The summed E-state index contributed by atoms with van der Waals surface area (Å²) < 4.78 is 0. The Morgan fingerprint density at radius 1 is 0.500 bits per heavy atom. The third kappa shape index (κ3) is 207. The summed E-state index contributed by atoms with van der Waals surface area (Å²) in [6.45, 7) is 0. The van der Waals surface area contributed by atoms with Gasteiger partial charge in [0.25, 0.3) is 0 Å². The maximum absolute atomic E-state index is 8.42. The van der Waals surface area contributed by atoms with Gasteiger partial charge in [-0.2, -0.15) is 0 Å². The van der Waals surface area contributed by atoms with Gasteiger partial charge in [0.2, 0.25) is 0 Å².